The standard InChI is InChI=1S/C11H18N6O3S/c1-21(2,3)5-4-20-7-17-11(19)16-6-13-8(9(12)18)10(16)14-15-17/h6H,4-5,7H2,1-3H3,(H2,12,18). The van der Waals surface area contributed by atoms with Crippen LogP contribution in [0.5, 0.6) is 0 Å². The Morgan fingerprint density at radius 3 is 2.76 bits per heavy atom. The summed E-state index contributed by atoms with van der Waals surface area (Å²) in [4.78, 5) is 27.0. The zero-order valence-electron chi connectivity index (χ0n) is 12.1. The number of primary amides is 1. The largest absolute Gasteiger partial charge is 0.364 e. The molecule has 0 saturated carbocycles. The Hall–Kier alpha value is -1.94. The molecule has 0 radical (unpaired) electrons. The summed E-state index contributed by atoms with van der Waals surface area (Å²) in [6.45, 7) is 0.544. The average molecular weight is 314 g/mol. The summed E-state index contributed by atoms with van der Waals surface area (Å²) in [6, 6.07) is 0. The lowest BCUT2D eigenvalue weighted by atomic mass is 10.4. The Morgan fingerprint density at radius 1 is 1.43 bits per heavy atom. The second-order valence-electron chi connectivity index (χ2n) is 5.35. The molecule has 21 heavy (non-hydrogen) atoms. The first kappa shape index (κ1) is 15.4. The molecule has 0 fully saturated rings. The molecule has 116 valence electrons. The van der Waals surface area contributed by atoms with Gasteiger partial charge >= 0.3 is 5.69 Å². The number of carbonyl (C=O) groups excluding carboxylic acids is 1. The fraction of sp³-hybridized carbons (Fsp3) is 0.545. The first-order valence-electron chi connectivity index (χ1n) is 6.14. The number of hydrogen-bond donors (Lipinski definition) is 1. The second-order valence-corrected chi connectivity index (χ2v) is 9.94. The van der Waals surface area contributed by atoms with Crippen LogP contribution in [0.2, 0.25) is 0 Å². The van der Waals surface area contributed by atoms with Gasteiger partial charge in [-0.3, -0.25) is 4.79 Å². The van der Waals surface area contributed by atoms with Gasteiger partial charge in [-0.15, -0.1) is 5.10 Å². The molecule has 0 aliphatic rings. The number of fused-ring (bicyclic) bond motifs is 1. The number of aromatic nitrogens is 5. The molecule has 2 N–H and O–H groups in total. The van der Waals surface area contributed by atoms with E-state index in [4.69, 9.17) is 10.5 Å². The fourth-order valence-corrected chi connectivity index (χ4v) is 2.17. The van der Waals surface area contributed by atoms with E-state index in [1.807, 2.05) is 0 Å². The van der Waals surface area contributed by atoms with Crippen molar-refractivity contribution in [1.82, 2.24) is 24.4 Å². The molecule has 2 rings (SSSR count). The van der Waals surface area contributed by atoms with Crippen LogP contribution in [0, 0.1) is 0 Å². The summed E-state index contributed by atoms with van der Waals surface area (Å²) < 4.78 is 7.62. The second kappa shape index (κ2) is 5.82. The van der Waals surface area contributed by atoms with Crippen molar-refractivity contribution >= 4 is 21.6 Å². The van der Waals surface area contributed by atoms with Gasteiger partial charge in [-0.1, -0.05) is 5.21 Å². The predicted molar refractivity (Wildman–Crippen MR) is 79.7 cm³/mol. The third-order valence-electron chi connectivity index (χ3n) is 2.70. The highest BCUT2D eigenvalue weighted by Gasteiger charge is 2.15. The van der Waals surface area contributed by atoms with E-state index in [-0.39, 0.29) is 18.1 Å². The molecule has 10 heteroatoms. The minimum Gasteiger partial charge on any atom is -0.364 e. The molecule has 0 spiro atoms. The molecule has 9 nitrogen and oxygen atoms in total. The first-order valence-corrected chi connectivity index (χ1v) is 9.17. The van der Waals surface area contributed by atoms with Crippen molar-refractivity contribution in [3.63, 3.8) is 0 Å². The Bertz CT molecular complexity index is 717. The summed E-state index contributed by atoms with van der Waals surface area (Å²) in [5, 5.41) is 7.51. The van der Waals surface area contributed by atoms with E-state index in [9.17, 15) is 9.59 Å². The molecule has 0 saturated heterocycles. The van der Waals surface area contributed by atoms with E-state index in [1.54, 1.807) is 0 Å². The van der Waals surface area contributed by atoms with E-state index >= 15 is 0 Å². The van der Waals surface area contributed by atoms with Crippen molar-refractivity contribution in [2.24, 2.45) is 5.73 Å². The van der Waals surface area contributed by atoms with E-state index in [1.165, 1.54) is 6.33 Å². The molecule has 0 atom stereocenters. The molecule has 0 bridgehead atoms. The van der Waals surface area contributed by atoms with Crippen molar-refractivity contribution in [3.05, 3.63) is 22.5 Å². The van der Waals surface area contributed by atoms with Gasteiger partial charge in [0.25, 0.3) is 5.91 Å². The SMILES string of the molecule is CS(C)(C)CCOCn1nnc2c(C(N)=O)ncn2c1=O. The lowest BCUT2D eigenvalue weighted by molar-refractivity contribution is 0.0734. The maximum Gasteiger partial charge on any atom is 0.355 e. The van der Waals surface area contributed by atoms with Crippen LogP contribution in [-0.4, -0.2) is 61.4 Å². The number of rotatable bonds is 6. The molecule has 0 aromatic carbocycles. The minimum atomic E-state index is -0.756. The van der Waals surface area contributed by atoms with Gasteiger partial charge in [0.2, 0.25) is 0 Å². The van der Waals surface area contributed by atoms with Crippen LogP contribution in [0.1, 0.15) is 10.5 Å². The van der Waals surface area contributed by atoms with Crippen LogP contribution in [0.15, 0.2) is 11.1 Å². The lowest BCUT2D eigenvalue weighted by Gasteiger charge is -2.24. The van der Waals surface area contributed by atoms with Gasteiger partial charge in [0.05, 0.1) is 6.61 Å². The highest BCUT2D eigenvalue weighted by atomic mass is 32.3. The monoisotopic (exact) mass is 314 g/mol. The van der Waals surface area contributed by atoms with Crippen LogP contribution >= 0.6 is 10.0 Å². The molecular formula is C11H18N6O3S. The Labute approximate surface area is 122 Å². The minimum absolute atomic E-state index is 0.00137. The summed E-state index contributed by atoms with van der Waals surface area (Å²) in [5.41, 5.74) is 4.62. The summed E-state index contributed by atoms with van der Waals surface area (Å²) >= 11 is 0. The van der Waals surface area contributed by atoms with Gasteiger partial charge in [-0.05, 0) is 18.8 Å². The molecule has 0 aliphatic heterocycles. The van der Waals surface area contributed by atoms with Crippen LogP contribution in [0.4, 0.5) is 0 Å². The van der Waals surface area contributed by atoms with Crippen molar-refractivity contribution in [1.29, 1.82) is 0 Å². The molecular weight excluding hydrogens is 296 g/mol. The molecule has 2 aromatic rings. The fourth-order valence-electron chi connectivity index (χ4n) is 1.55. The Balaban J connectivity index is 2.14. The highest BCUT2D eigenvalue weighted by molar-refractivity contribution is 8.32. The maximum atomic E-state index is 12.1. The van der Waals surface area contributed by atoms with Crippen molar-refractivity contribution in [2.75, 3.05) is 31.1 Å². The highest BCUT2D eigenvalue weighted by Crippen LogP contribution is 2.33. The van der Waals surface area contributed by atoms with Crippen LogP contribution in [-0.2, 0) is 11.5 Å². The molecule has 2 heterocycles. The van der Waals surface area contributed by atoms with Crippen LogP contribution in [0.25, 0.3) is 5.65 Å². The van der Waals surface area contributed by atoms with Crippen LogP contribution < -0.4 is 11.4 Å². The summed E-state index contributed by atoms with van der Waals surface area (Å²) in [5.74, 6) is 0.183. The molecule has 2 aromatic heterocycles. The summed E-state index contributed by atoms with van der Waals surface area (Å²) in [6.07, 6.45) is 7.75. The number of amides is 1. The normalized spacial score (nSPS) is 12.7. The molecule has 0 unspecified atom stereocenters. The van der Waals surface area contributed by atoms with Gasteiger partial charge < -0.3 is 10.5 Å². The molecule has 1 amide bonds. The van der Waals surface area contributed by atoms with Crippen molar-refractivity contribution in [3.8, 4) is 0 Å². The maximum absolute atomic E-state index is 12.1. The van der Waals surface area contributed by atoms with Gasteiger partial charge in [0.15, 0.2) is 11.3 Å². The third-order valence-corrected chi connectivity index (χ3v) is 4.10. The lowest BCUT2D eigenvalue weighted by Crippen LogP contribution is -2.31. The number of nitrogens with zero attached hydrogens (tertiary/aromatic N) is 5. The number of ether oxygens (including phenoxy) is 1. The quantitative estimate of drug-likeness (QED) is 0.687. The van der Waals surface area contributed by atoms with Gasteiger partial charge in [-0.25, -0.2) is 24.2 Å². The van der Waals surface area contributed by atoms with Crippen LogP contribution in [0.3, 0.4) is 0 Å². The smallest absolute Gasteiger partial charge is 0.355 e. The number of carbonyl (C=O) groups is 1. The van der Waals surface area contributed by atoms with E-state index in [0.29, 0.717) is 6.61 Å². The topological polar surface area (TPSA) is 117 Å². The first-order chi connectivity index (χ1) is 9.79. The van der Waals surface area contributed by atoms with E-state index in [0.717, 1.165) is 14.8 Å². The predicted octanol–water partition coefficient (Wildman–Crippen LogP) is -0.947. The Kier molecular flexibility index (Phi) is 4.28. The number of nitrogens with two attached hydrogens (primary N) is 1. The number of hydrogen-bond acceptors (Lipinski definition) is 6. The zero-order valence-corrected chi connectivity index (χ0v) is 13.0. The average Bonchev–Trinajstić information content (AvgIpc) is 2.80. The van der Waals surface area contributed by atoms with Gasteiger partial charge in [0, 0.05) is 5.75 Å². The van der Waals surface area contributed by atoms with E-state index < -0.39 is 21.6 Å². The number of imidazole rings is 1. The van der Waals surface area contributed by atoms with Crippen molar-refractivity contribution < 1.29 is 9.53 Å². The Morgan fingerprint density at radius 2 is 2.14 bits per heavy atom. The molecule has 0 aliphatic carbocycles. The van der Waals surface area contributed by atoms with Gasteiger partial charge in [0.1, 0.15) is 13.1 Å². The summed E-state index contributed by atoms with van der Waals surface area (Å²) in [7, 11) is -0.645. The third kappa shape index (κ3) is 3.58. The zero-order chi connectivity index (χ0) is 15.6. The van der Waals surface area contributed by atoms with Crippen molar-refractivity contribution in [2.45, 2.75) is 6.73 Å². The van der Waals surface area contributed by atoms with E-state index in [2.05, 4.69) is 34.1 Å². The van der Waals surface area contributed by atoms with Gasteiger partial charge in [-0.2, -0.15) is 4.68 Å².